The molecule has 0 aliphatic carbocycles. The minimum absolute atomic E-state index is 0.574. The summed E-state index contributed by atoms with van der Waals surface area (Å²) in [4.78, 5) is 8.57. The van der Waals surface area contributed by atoms with Crippen LogP contribution in [0.3, 0.4) is 0 Å². The van der Waals surface area contributed by atoms with E-state index < -0.39 is 19.8 Å². The van der Waals surface area contributed by atoms with Crippen LogP contribution in [0.15, 0.2) is 23.5 Å². The van der Waals surface area contributed by atoms with Gasteiger partial charge in [-0.05, 0) is 0 Å². The standard InChI is InChI=1S/C7H12IN/c1-4-6-9-7-5-8(2)3/h6-7H,1,5H2,2-3H3. The number of rotatable bonds is 3. The van der Waals surface area contributed by atoms with Crippen molar-refractivity contribution in [3.8, 4) is 0 Å². The molecule has 0 amide bonds. The van der Waals surface area contributed by atoms with Gasteiger partial charge in [-0.1, -0.05) is 0 Å². The molecule has 0 aromatic heterocycles. The molecule has 0 unspecified atom stereocenters. The Bertz CT molecular complexity index is 132. The van der Waals surface area contributed by atoms with Crippen molar-refractivity contribution in [2.45, 2.75) is 0 Å². The van der Waals surface area contributed by atoms with Crippen molar-refractivity contribution in [1.29, 1.82) is 0 Å². The van der Waals surface area contributed by atoms with Gasteiger partial charge in [-0.15, -0.1) is 0 Å². The minimum atomic E-state index is -0.574. The van der Waals surface area contributed by atoms with Crippen LogP contribution in [0.25, 0.3) is 0 Å². The molecule has 0 fully saturated rings. The fourth-order valence-corrected chi connectivity index (χ4v) is 1.30. The van der Waals surface area contributed by atoms with Gasteiger partial charge in [0.2, 0.25) is 0 Å². The summed E-state index contributed by atoms with van der Waals surface area (Å²) in [7, 11) is 0. The Morgan fingerprint density at radius 1 is 1.67 bits per heavy atom. The van der Waals surface area contributed by atoms with Crippen LogP contribution >= 0.6 is 19.8 Å². The van der Waals surface area contributed by atoms with E-state index in [1.54, 1.807) is 6.20 Å². The third kappa shape index (κ3) is 7.92. The predicted octanol–water partition coefficient (Wildman–Crippen LogP) is 2.12. The molecule has 0 atom stereocenters. The van der Waals surface area contributed by atoms with Crippen LogP contribution in [0, 0.1) is 0 Å². The van der Waals surface area contributed by atoms with Gasteiger partial charge in [0.1, 0.15) is 0 Å². The van der Waals surface area contributed by atoms with Gasteiger partial charge in [-0.25, -0.2) is 0 Å². The maximum atomic E-state index is 3.95. The van der Waals surface area contributed by atoms with Crippen molar-refractivity contribution in [3.63, 3.8) is 0 Å². The molecular formula is C7H12IN. The van der Waals surface area contributed by atoms with E-state index in [0.29, 0.717) is 0 Å². The molecule has 0 aliphatic rings. The number of hydrogen-bond donors (Lipinski definition) is 0. The molecule has 1 nitrogen and oxygen atoms in total. The first-order valence-corrected chi connectivity index (χ1v) is 8.43. The zero-order valence-corrected chi connectivity index (χ0v) is 8.05. The second kappa shape index (κ2) is 6.05. The van der Waals surface area contributed by atoms with Gasteiger partial charge in [-0.3, -0.25) is 0 Å². The molecular weight excluding hydrogens is 225 g/mol. The number of nitrogens with zero attached hydrogens (tertiary/aromatic N) is 1. The van der Waals surface area contributed by atoms with Crippen molar-refractivity contribution in [2.75, 3.05) is 14.3 Å². The topological polar surface area (TPSA) is 12.4 Å². The predicted molar refractivity (Wildman–Crippen MR) is 52.9 cm³/mol. The Balaban J connectivity index is 3.36. The van der Waals surface area contributed by atoms with Gasteiger partial charge in [0.05, 0.1) is 0 Å². The van der Waals surface area contributed by atoms with Crippen LogP contribution in [0.5, 0.6) is 0 Å². The van der Waals surface area contributed by atoms with E-state index in [4.69, 9.17) is 0 Å². The molecule has 0 rings (SSSR count). The van der Waals surface area contributed by atoms with E-state index >= 15 is 0 Å². The molecule has 0 saturated heterocycles. The molecule has 0 N–H and O–H groups in total. The first-order valence-electron chi connectivity index (χ1n) is 2.59. The summed E-state index contributed by atoms with van der Waals surface area (Å²) in [6.07, 6.45) is 3.54. The van der Waals surface area contributed by atoms with Crippen LogP contribution in [0.2, 0.25) is 0 Å². The molecule has 0 bridgehead atoms. The van der Waals surface area contributed by atoms with Gasteiger partial charge in [0.25, 0.3) is 0 Å². The Labute approximate surface area is 64.0 Å². The maximum absolute atomic E-state index is 3.95. The van der Waals surface area contributed by atoms with Crippen LogP contribution in [-0.2, 0) is 0 Å². The van der Waals surface area contributed by atoms with E-state index in [9.17, 15) is 0 Å². The van der Waals surface area contributed by atoms with Crippen molar-refractivity contribution in [3.05, 3.63) is 18.5 Å². The van der Waals surface area contributed by atoms with Gasteiger partial charge < -0.3 is 0 Å². The average molecular weight is 237 g/mol. The summed E-state index contributed by atoms with van der Waals surface area (Å²) in [5.41, 5.74) is 2.59. The summed E-state index contributed by atoms with van der Waals surface area (Å²) >= 11 is -0.574. The molecule has 9 heavy (non-hydrogen) atoms. The summed E-state index contributed by atoms with van der Waals surface area (Å²) in [5.74, 6) is 0. The fraction of sp³-hybridized carbons (Fsp3) is 0.429. The van der Waals surface area contributed by atoms with E-state index in [-0.39, 0.29) is 0 Å². The van der Waals surface area contributed by atoms with Crippen molar-refractivity contribution < 1.29 is 0 Å². The van der Waals surface area contributed by atoms with Gasteiger partial charge in [0, 0.05) is 0 Å². The molecule has 0 saturated carbocycles. The third-order valence-electron chi connectivity index (χ3n) is 0.649. The number of halogens is 1. The molecule has 0 heterocycles. The molecule has 52 valence electrons. The Kier molecular flexibility index (Phi) is 5.99. The SMILES string of the molecule is C=C=CN=CCI(C)C. The Hall–Kier alpha value is -0.0800. The zero-order chi connectivity index (χ0) is 7.11. The zero-order valence-electron chi connectivity index (χ0n) is 5.89. The van der Waals surface area contributed by atoms with E-state index in [0.717, 1.165) is 0 Å². The normalized spacial score (nSPS) is 11.1. The van der Waals surface area contributed by atoms with Crippen molar-refractivity contribution in [1.82, 2.24) is 0 Å². The summed E-state index contributed by atoms with van der Waals surface area (Å²) in [5, 5.41) is 0. The number of alkyl halides is 3. The van der Waals surface area contributed by atoms with Crippen molar-refractivity contribution >= 4 is 26.0 Å². The Morgan fingerprint density at radius 3 is 2.78 bits per heavy atom. The van der Waals surface area contributed by atoms with E-state index in [1.165, 1.54) is 4.43 Å². The molecule has 0 spiro atoms. The fourth-order valence-electron chi connectivity index (χ4n) is 0.283. The van der Waals surface area contributed by atoms with Crippen LogP contribution in [-0.4, -0.2) is 20.5 Å². The summed E-state index contributed by atoms with van der Waals surface area (Å²) in [6, 6.07) is 0. The number of aliphatic imine (C=N–C) groups is 1. The van der Waals surface area contributed by atoms with Gasteiger partial charge in [0.15, 0.2) is 0 Å². The van der Waals surface area contributed by atoms with Crippen molar-refractivity contribution in [2.24, 2.45) is 4.99 Å². The molecule has 0 radical (unpaired) electrons. The van der Waals surface area contributed by atoms with E-state index in [2.05, 4.69) is 27.2 Å². The second-order valence-electron chi connectivity index (χ2n) is 1.73. The number of hydrogen-bond acceptors (Lipinski definition) is 1. The van der Waals surface area contributed by atoms with E-state index in [1.807, 2.05) is 6.21 Å². The monoisotopic (exact) mass is 237 g/mol. The first kappa shape index (κ1) is 8.92. The first-order chi connectivity index (χ1) is 4.27. The average Bonchev–Trinajstić information content (AvgIpc) is 1.80. The quantitative estimate of drug-likeness (QED) is 0.308. The summed E-state index contributed by atoms with van der Waals surface area (Å²) in [6.45, 7) is 3.40. The van der Waals surface area contributed by atoms with Crippen LogP contribution in [0.4, 0.5) is 0 Å². The molecule has 0 aromatic rings. The molecule has 0 aromatic carbocycles. The second-order valence-corrected chi connectivity index (χ2v) is 7.82. The van der Waals surface area contributed by atoms with Gasteiger partial charge in [-0.2, -0.15) is 0 Å². The molecule has 2 heteroatoms. The van der Waals surface area contributed by atoms with Crippen LogP contribution in [0.1, 0.15) is 0 Å². The van der Waals surface area contributed by atoms with Gasteiger partial charge >= 0.3 is 63.8 Å². The molecule has 0 aliphatic heterocycles. The third-order valence-corrected chi connectivity index (χ3v) is 2.80. The summed E-state index contributed by atoms with van der Waals surface area (Å²) < 4.78 is 1.18. The van der Waals surface area contributed by atoms with Crippen LogP contribution < -0.4 is 0 Å². The Morgan fingerprint density at radius 2 is 2.33 bits per heavy atom.